The Labute approximate surface area is 203 Å². The number of thioether (sulfide) groups is 1. The number of halogens is 3. The average molecular weight is 502 g/mol. The van der Waals surface area contributed by atoms with Gasteiger partial charge in [-0.1, -0.05) is 36.0 Å². The molecule has 1 saturated heterocycles. The Kier molecular flexibility index (Phi) is 6.37. The molecule has 1 fully saturated rings. The van der Waals surface area contributed by atoms with E-state index in [0.717, 1.165) is 28.9 Å². The molecule has 1 aliphatic rings. The van der Waals surface area contributed by atoms with Crippen molar-refractivity contribution in [3.05, 3.63) is 93.6 Å². The van der Waals surface area contributed by atoms with E-state index in [1.54, 1.807) is 67.0 Å². The van der Waals surface area contributed by atoms with Gasteiger partial charge in [0.2, 0.25) is 0 Å². The minimum atomic E-state index is -4.45. The maximum atomic E-state index is 13.2. The van der Waals surface area contributed by atoms with Crippen LogP contribution in [0.4, 0.5) is 13.2 Å². The molecule has 1 aromatic heterocycles. The SMILES string of the molecule is Cc1cc(/C=C2\SC(=S)N(NC(=O)c3ccccc3)C2=O)c(C)n1-c1cccc(C(F)(F)F)c1. The monoisotopic (exact) mass is 501 g/mol. The van der Waals surface area contributed by atoms with E-state index in [4.69, 9.17) is 12.2 Å². The lowest BCUT2D eigenvalue weighted by atomic mass is 10.2. The highest BCUT2D eigenvalue weighted by atomic mass is 32.2. The molecule has 0 aliphatic carbocycles. The van der Waals surface area contributed by atoms with Crippen LogP contribution in [0.2, 0.25) is 0 Å². The fourth-order valence-corrected chi connectivity index (χ4v) is 4.78. The highest BCUT2D eigenvalue weighted by Crippen LogP contribution is 2.34. The molecule has 3 aromatic rings. The van der Waals surface area contributed by atoms with Gasteiger partial charge in [-0.3, -0.25) is 15.0 Å². The van der Waals surface area contributed by atoms with E-state index < -0.39 is 23.6 Å². The Balaban J connectivity index is 1.61. The smallest absolute Gasteiger partial charge is 0.318 e. The quantitative estimate of drug-likeness (QED) is 0.370. The Morgan fingerprint density at radius 3 is 2.44 bits per heavy atom. The third kappa shape index (κ3) is 4.64. The first-order valence-electron chi connectivity index (χ1n) is 10.1. The molecule has 2 amide bonds. The molecule has 5 nitrogen and oxygen atoms in total. The van der Waals surface area contributed by atoms with E-state index in [0.29, 0.717) is 33.1 Å². The number of hydrogen-bond acceptors (Lipinski definition) is 4. The molecule has 4 rings (SSSR count). The van der Waals surface area contributed by atoms with Gasteiger partial charge in [0.25, 0.3) is 11.8 Å². The molecule has 0 atom stereocenters. The third-order valence-electron chi connectivity index (χ3n) is 5.23. The maximum Gasteiger partial charge on any atom is 0.416 e. The Bertz CT molecular complexity index is 1330. The Morgan fingerprint density at radius 2 is 1.76 bits per heavy atom. The number of aromatic nitrogens is 1. The van der Waals surface area contributed by atoms with Gasteiger partial charge in [-0.25, -0.2) is 0 Å². The van der Waals surface area contributed by atoms with Gasteiger partial charge in [0.1, 0.15) is 0 Å². The van der Waals surface area contributed by atoms with Gasteiger partial charge in [0.15, 0.2) is 4.32 Å². The van der Waals surface area contributed by atoms with Crippen molar-refractivity contribution in [1.29, 1.82) is 0 Å². The Hall–Kier alpha value is -3.37. The second kappa shape index (κ2) is 9.11. The first-order valence-corrected chi connectivity index (χ1v) is 11.3. The predicted molar refractivity (Wildman–Crippen MR) is 129 cm³/mol. The van der Waals surface area contributed by atoms with Crippen LogP contribution in [0.1, 0.15) is 32.9 Å². The number of aryl methyl sites for hydroxylation is 1. The zero-order chi connectivity index (χ0) is 24.6. The molecular formula is C24H18F3N3O2S2. The van der Waals surface area contributed by atoms with Crippen LogP contribution in [-0.2, 0) is 11.0 Å². The number of carbonyl (C=O) groups excluding carboxylic acids is 2. The summed E-state index contributed by atoms with van der Waals surface area (Å²) in [6.45, 7) is 3.53. The lowest BCUT2D eigenvalue weighted by Gasteiger charge is -2.15. The van der Waals surface area contributed by atoms with Gasteiger partial charge in [0.05, 0.1) is 10.5 Å². The second-order valence-electron chi connectivity index (χ2n) is 7.53. The van der Waals surface area contributed by atoms with Crippen molar-refractivity contribution < 1.29 is 22.8 Å². The van der Waals surface area contributed by atoms with Crippen molar-refractivity contribution in [3.63, 3.8) is 0 Å². The molecule has 10 heteroatoms. The number of hydrogen-bond donors (Lipinski definition) is 1. The largest absolute Gasteiger partial charge is 0.416 e. The minimum Gasteiger partial charge on any atom is -0.318 e. The summed E-state index contributed by atoms with van der Waals surface area (Å²) in [5, 5.41) is 1.02. The Morgan fingerprint density at radius 1 is 1.06 bits per heavy atom. The summed E-state index contributed by atoms with van der Waals surface area (Å²) in [6.07, 6.45) is -2.83. The topological polar surface area (TPSA) is 54.3 Å². The van der Waals surface area contributed by atoms with Crippen LogP contribution in [0.15, 0.2) is 65.6 Å². The lowest BCUT2D eigenvalue weighted by Crippen LogP contribution is -2.44. The number of rotatable bonds is 4. The zero-order valence-electron chi connectivity index (χ0n) is 18.0. The van der Waals surface area contributed by atoms with Crippen LogP contribution in [0.25, 0.3) is 11.8 Å². The minimum absolute atomic E-state index is 0.173. The maximum absolute atomic E-state index is 13.2. The highest BCUT2D eigenvalue weighted by Gasteiger charge is 2.34. The standard InChI is InChI=1S/C24H18F3N3O2S2/c1-14-11-17(15(2)29(14)19-10-6-9-18(13-19)24(25,26)27)12-20-22(32)30(23(33)34-20)28-21(31)16-7-4-3-5-8-16/h3-13H,1-2H3,(H,28,31)/b20-12-. The summed E-state index contributed by atoms with van der Waals surface area (Å²) in [7, 11) is 0. The molecule has 1 N–H and O–H groups in total. The van der Waals surface area contributed by atoms with Gasteiger partial charge in [-0.05, 0) is 74.1 Å². The molecule has 0 bridgehead atoms. The van der Waals surface area contributed by atoms with Crippen LogP contribution >= 0.6 is 24.0 Å². The van der Waals surface area contributed by atoms with Gasteiger partial charge >= 0.3 is 6.18 Å². The van der Waals surface area contributed by atoms with Crippen molar-refractivity contribution in [2.24, 2.45) is 0 Å². The van der Waals surface area contributed by atoms with Gasteiger partial charge in [-0.2, -0.15) is 18.2 Å². The van der Waals surface area contributed by atoms with Gasteiger partial charge in [0, 0.05) is 22.6 Å². The van der Waals surface area contributed by atoms with Crippen molar-refractivity contribution in [3.8, 4) is 5.69 Å². The molecule has 2 heterocycles. The highest BCUT2D eigenvalue weighted by molar-refractivity contribution is 8.26. The van der Waals surface area contributed by atoms with Crippen LogP contribution in [-0.4, -0.2) is 25.7 Å². The van der Waals surface area contributed by atoms with Crippen molar-refractivity contribution >= 4 is 46.2 Å². The number of amides is 2. The molecule has 0 saturated carbocycles. The van der Waals surface area contributed by atoms with E-state index >= 15 is 0 Å². The van der Waals surface area contributed by atoms with Gasteiger partial charge in [-0.15, -0.1) is 0 Å². The van der Waals surface area contributed by atoms with E-state index in [-0.39, 0.29) is 4.32 Å². The molecule has 174 valence electrons. The molecule has 2 aromatic carbocycles. The van der Waals surface area contributed by atoms with E-state index in [9.17, 15) is 22.8 Å². The zero-order valence-corrected chi connectivity index (χ0v) is 19.6. The summed E-state index contributed by atoms with van der Waals surface area (Å²) in [5.74, 6) is -0.955. The van der Waals surface area contributed by atoms with E-state index in [1.807, 2.05) is 0 Å². The molecule has 0 radical (unpaired) electrons. The summed E-state index contributed by atoms with van der Waals surface area (Å²) in [6, 6.07) is 15.3. The summed E-state index contributed by atoms with van der Waals surface area (Å²) >= 11 is 6.30. The summed E-state index contributed by atoms with van der Waals surface area (Å²) in [5.41, 5.74) is 4.55. The number of carbonyl (C=O) groups is 2. The van der Waals surface area contributed by atoms with Crippen LogP contribution in [0.5, 0.6) is 0 Å². The number of thiocarbonyl (C=S) groups is 1. The number of nitrogens with one attached hydrogen (secondary N) is 1. The van der Waals surface area contributed by atoms with Crippen molar-refractivity contribution in [2.75, 3.05) is 0 Å². The molecule has 34 heavy (non-hydrogen) atoms. The number of hydrazine groups is 1. The summed E-state index contributed by atoms with van der Waals surface area (Å²) < 4.78 is 41.4. The van der Waals surface area contributed by atoms with Crippen molar-refractivity contribution in [1.82, 2.24) is 15.0 Å². The molecule has 1 aliphatic heterocycles. The average Bonchev–Trinajstić information content (AvgIpc) is 3.22. The predicted octanol–water partition coefficient (Wildman–Crippen LogP) is 5.66. The molecule has 0 unspecified atom stereocenters. The first-order chi connectivity index (χ1) is 16.1. The van der Waals surface area contributed by atoms with E-state index in [1.165, 1.54) is 6.07 Å². The van der Waals surface area contributed by atoms with Crippen molar-refractivity contribution in [2.45, 2.75) is 20.0 Å². The third-order valence-corrected chi connectivity index (χ3v) is 6.53. The lowest BCUT2D eigenvalue weighted by molar-refractivity contribution is -0.137. The first kappa shape index (κ1) is 23.8. The fraction of sp³-hybridized carbons (Fsp3) is 0.125. The summed E-state index contributed by atoms with van der Waals surface area (Å²) in [4.78, 5) is 25.6. The van der Waals surface area contributed by atoms with Crippen LogP contribution in [0.3, 0.4) is 0 Å². The number of alkyl halides is 3. The fourth-order valence-electron chi connectivity index (χ4n) is 3.61. The number of nitrogens with zero attached hydrogens (tertiary/aromatic N) is 2. The normalized spacial score (nSPS) is 15.3. The van der Waals surface area contributed by atoms with Crippen LogP contribution < -0.4 is 5.43 Å². The van der Waals surface area contributed by atoms with E-state index in [2.05, 4.69) is 5.43 Å². The molecule has 0 spiro atoms. The second-order valence-corrected chi connectivity index (χ2v) is 9.21. The molecular weight excluding hydrogens is 483 g/mol. The van der Waals surface area contributed by atoms with Crippen LogP contribution in [0, 0.1) is 13.8 Å². The van der Waals surface area contributed by atoms with Gasteiger partial charge < -0.3 is 4.57 Å². The number of benzene rings is 2.